The second-order valence-corrected chi connectivity index (χ2v) is 7.08. The first-order valence-corrected chi connectivity index (χ1v) is 9.09. The molecule has 8 nitrogen and oxygen atoms in total. The Morgan fingerprint density at radius 2 is 1.97 bits per heavy atom. The van der Waals surface area contributed by atoms with Crippen LogP contribution in [0.1, 0.15) is 28.7 Å². The van der Waals surface area contributed by atoms with E-state index < -0.39 is 5.60 Å². The van der Waals surface area contributed by atoms with Gasteiger partial charge in [-0.2, -0.15) is 4.98 Å². The van der Waals surface area contributed by atoms with E-state index >= 15 is 0 Å². The number of methoxy groups -OCH3 is 2. The van der Waals surface area contributed by atoms with Crippen LogP contribution >= 0.6 is 0 Å². The Labute approximate surface area is 167 Å². The highest BCUT2D eigenvalue weighted by atomic mass is 16.5. The van der Waals surface area contributed by atoms with E-state index in [1.54, 1.807) is 43.2 Å². The zero-order valence-corrected chi connectivity index (χ0v) is 16.4. The standard InChI is InChI=1S/C21H21N3O5/c1-21(26,12-24-11-13-6-4-5-7-15(13)19(24)25)20-22-18(23-29-20)16-9-8-14(27-2)10-17(16)28-3/h4-10,26H,11-12H2,1-3H3. The van der Waals surface area contributed by atoms with Gasteiger partial charge < -0.3 is 24.0 Å². The molecule has 0 fully saturated rings. The molecule has 0 bridgehead atoms. The van der Waals surface area contributed by atoms with Gasteiger partial charge in [0.05, 0.1) is 26.3 Å². The maximum absolute atomic E-state index is 12.6. The van der Waals surface area contributed by atoms with Crippen molar-refractivity contribution in [3.63, 3.8) is 0 Å². The molecule has 0 aliphatic carbocycles. The van der Waals surface area contributed by atoms with E-state index in [-0.39, 0.29) is 24.2 Å². The first-order valence-electron chi connectivity index (χ1n) is 9.09. The van der Waals surface area contributed by atoms with Gasteiger partial charge in [0.1, 0.15) is 11.5 Å². The van der Waals surface area contributed by atoms with Crippen LogP contribution in [0.15, 0.2) is 47.0 Å². The average molecular weight is 395 g/mol. The molecule has 0 saturated heterocycles. The zero-order valence-electron chi connectivity index (χ0n) is 16.4. The van der Waals surface area contributed by atoms with E-state index in [0.717, 1.165) is 5.56 Å². The number of ether oxygens (including phenoxy) is 2. The molecule has 0 spiro atoms. The third kappa shape index (κ3) is 3.42. The normalized spacial score (nSPS) is 15.2. The third-order valence-electron chi connectivity index (χ3n) is 4.93. The number of nitrogens with zero attached hydrogens (tertiary/aromatic N) is 3. The van der Waals surface area contributed by atoms with E-state index in [2.05, 4.69) is 10.1 Å². The highest BCUT2D eigenvalue weighted by molar-refractivity contribution is 5.98. The van der Waals surface area contributed by atoms with Gasteiger partial charge in [0, 0.05) is 18.2 Å². The summed E-state index contributed by atoms with van der Waals surface area (Å²) in [5.41, 5.74) is 0.673. The fourth-order valence-electron chi connectivity index (χ4n) is 3.42. The first kappa shape index (κ1) is 18.9. The van der Waals surface area contributed by atoms with Crippen LogP contribution in [-0.2, 0) is 12.1 Å². The lowest BCUT2D eigenvalue weighted by Gasteiger charge is -2.25. The van der Waals surface area contributed by atoms with Crippen LogP contribution in [0.25, 0.3) is 11.4 Å². The molecule has 3 aromatic rings. The number of hydrogen-bond acceptors (Lipinski definition) is 7. The van der Waals surface area contributed by atoms with Crippen molar-refractivity contribution in [1.29, 1.82) is 0 Å². The SMILES string of the molecule is COc1ccc(-c2noc(C(C)(O)CN3Cc4ccccc4C3=O)n2)c(OC)c1. The lowest BCUT2D eigenvalue weighted by molar-refractivity contribution is -0.00754. The van der Waals surface area contributed by atoms with Crippen molar-refractivity contribution >= 4 is 5.91 Å². The summed E-state index contributed by atoms with van der Waals surface area (Å²) in [5.74, 6) is 1.32. The predicted octanol–water partition coefficient (Wildman–Crippen LogP) is 2.62. The summed E-state index contributed by atoms with van der Waals surface area (Å²) in [6.45, 7) is 2.01. The van der Waals surface area contributed by atoms with E-state index in [1.807, 2.05) is 18.2 Å². The minimum Gasteiger partial charge on any atom is -0.497 e. The Balaban J connectivity index is 1.57. The second kappa shape index (κ2) is 7.21. The van der Waals surface area contributed by atoms with Crippen molar-refractivity contribution in [2.45, 2.75) is 19.1 Å². The Bertz CT molecular complexity index is 1060. The van der Waals surface area contributed by atoms with Gasteiger partial charge in [0.15, 0.2) is 5.60 Å². The molecule has 2 aromatic carbocycles. The summed E-state index contributed by atoms with van der Waals surface area (Å²) in [6, 6.07) is 12.6. The number of hydrogen-bond donors (Lipinski definition) is 1. The van der Waals surface area contributed by atoms with Gasteiger partial charge in [0.2, 0.25) is 5.82 Å². The summed E-state index contributed by atoms with van der Waals surface area (Å²) in [7, 11) is 3.10. The highest BCUT2D eigenvalue weighted by Crippen LogP contribution is 2.33. The molecule has 4 rings (SSSR count). The fraction of sp³-hybridized carbons (Fsp3) is 0.286. The van der Waals surface area contributed by atoms with Crippen LogP contribution in [0.3, 0.4) is 0 Å². The van der Waals surface area contributed by atoms with E-state index in [4.69, 9.17) is 14.0 Å². The van der Waals surface area contributed by atoms with E-state index in [9.17, 15) is 9.90 Å². The Morgan fingerprint density at radius 1 is 1.17 bits per heavy atom. The van der Waals surface area contributed by atoms with Crippen LogP contribution in [0, 0.1) is 0 Å². The highest BCUT2D eigenvalue weighted by Gasteiger charge is 2.37. The van der Waals surface area contributed by atoms with Gasteiger partial charge in [-0.3, -0.25) is 4.79 Å². The molecule has 0 saturated carbocycles. The Kier molecular flexibility index (Phi) is 4.71. The minimum atomic E-state index is -1.51. The van der Waals surface area contributed by atoms with Crippen molar-refractivity contribution in [2.24, 2.45) is 0 Å². The molecule has 8 heteroatoms. The van der Waals surface area contributed by atoms with Gasteiger partial charge in [-0.1, -0.05) is 23.4 Å². The predicted molar refractivity (Wildman–Crippen MR) is 104 cm³/mol. The maximum atomic E-state index is 12.6. The van der Waals surface area contributed by atoms with Crippen molar-refractivity contribution in [2.75, 3.05) is 20.8 Å². The molecular formula is C21H21N3O5. The number of amides is 1. The summed E-state index contributed by atoms with van der Waals surface area (Å²) in [5, 5.41) is 15.0. The van der Waals surface area contributed by atoms with Gasteiger partial charge in [-0.15, -0.1) is 0 Å². The molecule has 1 aliphatic heterocycles. The number of carbonyl (C=O) groups is 1. The van der Waals surface area contributed by atoms with Crippen LogP contribution in [0.4, 0.5) is 0 Å². The number of benzene rings is 2. The smallest absolute Gasteiger partial charge is 0.260 e. The zero-order chi connectivity index (χ0) is 20.6. The van der Waals surface area contributed by atoms with Crippen LogP contribution in [0.2, 0.25) is 0 Å². The molecule has 0 radical (unpaired) electrons. The summed E-state index contributed by atoms with van der Waals surface area (Å²) in [6.07, 6.45) is 0. The quantitative estimate of drug-likeness (QED) is 0.685. The topological polar surface area (TPSA) is 97.9 Å². The molecule has 29 heavy (non-hydrogen) atoms. The molecular weight excluding hydrogens is 374 g/mol. The Hall–Kier alpha value is -3.39. The van der Waals surface area contributed by atoms with Gasteiger partial charge in [-0.25, -0.2) is 0 Å². The largest absolute Gasteiger partial charge is 0.497 e. The second-order valence-electron chi connectivity index (χ2n) is 7.08. The lowest BCUT2D eigenvalue weighted by Crippen LogP contribution is -2.39. The molecule has 1 aromatic heterocycles. The number of β-amino-alcohol motifs (C(OH)–C–C–N with tert-alkyl or cyclic N) is 1. The molecule has 2 heterocycles. The summed E-state index contributed by atoms with van der Waals surface area (Å²) < 4.78 is 15.9. The number of aliphatic hydroxyl groups is 1. The molecule has 1 atom stereocenters. The minimum absolute atomic E-state index is 0.0223. The van der Waals surface area contributed by atoms with Gasteiger partial charge in [-0.05, 0) is 30.7 Å². The molecule has 1 N–H and O–H groups in total. The van der Waals surface area contributed by atoms with Crippen molar-refractivity contribution in [3.05, 3.63) is 59.5 Å². The lowest BCUT2D eigenvalue weighted by atomic mass is 10.1. The van der Waals surface area contributed by atoms with Gasteiger partial charge in [0.25, 0.3) is 11.8 Å². The molecule has 1 unspecified atom stereocenters. The molecule has 1 aliphatic rings. The molecule has 150 valence electrons. The summed E-state index contributed by atoms with van der Waals surface area (Å²) in [4.78, 5) is 18.5. The van der Waals surface area contributed by atoms with Crippen molar-refractivity contribution in [3.8, 4) is 22.9 Å². The van der Waals surface area contributed by atoms with Crippen LogP contribution < -0.4 is 9.47 Å². The maximum Gasteiger partial charge on any atom is 0.260 e. The number of aromatic nitrogens is 2. The fourth-order valence-corrected chi connectivity index (χ4v) is 3.42. The van der Waals surface area contributed by atoms with Crippen molar-refractivity contribution < 1.29 is 23.9 Å². The van der Waals surface area contributed by atoms with Crippen LogP contribution in [0.5, 0.6) is 11.5 Å². The summed E-state index contributed by atoms with van der Waals surface area (Å²) >= 11 is 0. The number of carbonyl (C=O) groups excluding carboxylic acids is 1. The number of fused-ring (bicyclic) bond motifs is 1. The molecule has 1 amide bonds. The average Bonchev–Trinajstić information content (AvgIpc) is 3.34. The van der Waals surface area contributed by atoms with Crippen LogP contribution in [-0.4, -0.2) is 46.8 Å². The monoisotopic (exact) mass is 395 g/mol. The van der Waals surface area contributed by atoms with E-state index in [0.29, 0.717) is 29.2 Å². The third-order valence-corrected chi connectivity index (χ3v) is 4.93. The first-order chi connectivity index (χ1) is 13.9. The number of rotatable bonds is 6. The van der Waals surface area contributed by atoms with Crippen molar-refractivity contribution in [1.82, 2.24) is 15.0 Å². The Morgan fingerprint density at radius 3 is 2.69 bits per heavy atom. The van der Waals surface area contributed by atoms with Gasteiger partial charge >= 0.3 is 0 Å². The van der Waals surface area contributed by atoms with E-state index in [1.165, 1.54) is 7.11 Å².